The van der Waals surface area contributed by atoms with Gasteiger partial charge in [-0.05, 0) is 12.1 Å². The second-order valence-corrected chi connectivity index (χ2v) is 4.04. The lowest BCUT2D eigenvalue weighted by Crippen LogP contribution is -2.09. The summed E-state index contributed by atoms with van der Waals surface area (Å²) in [7, 11) is 0. The number of nitrogens with one attached hydrogen (secondary N) is 1. The van der Waals surface area contributed by atoms with Gasteiger partial charge in [-0.15, -0.1) is 0 Å². The Labute approximate surface area is 115 Å². The van der Waals surface area contributed by atoms with Crippen LogP contribution in [0.5, 0.6) is 0 Å². The van der Waals surface area contributed by atoms with Gasteiger partial charge < -0.3 is 16.2 Å². The highest BCUT2D eigenvalue weighted by molar-refractivity contribution is 5.98. The molecule has 2 aromatic rings. The van der Waals surface area contributed by atoms with Crippen LogP contribution in [0.15, 0.2) is 24.3 Å². The molecule has 0 unspecified atom stereocenters. The number of carboxylic acid groups (broad SMARTS) is 1. The molecular weight excluding hydrogens is 292 g/mol. The average molecular weight is 300 g/mol. The first kappa shape index (κ1) is 14.6. The van der Waals surface area contributed by atoms with Crippen LogP contribution in [0, 0.1) is 23.3 Å². The fourth-order valence-electron chi connectivity index (χ4n) is 1.70. The van der Waals surface area contributed by atoms with Crippen molar-refractivity contribution in [3.8, 4) is 0 Å². The van der Waals surface area contributed by atoms with Crippen molar-refractivity contribution in [2.24, 2.45) is 0 Å². The predicted octanol–water partition coefficient (Wildman–Crippen LogP) is 3.27. The van der Waals surface area contributed by atoms with Crippen molar-refractivity contribution in [2.45, 2.75) is 0 Å². The number of nitrogen functional groups attached to an aromatic ring is 1. The van der Waals surface area contributed by atoms with Gasteiger partial charge in [-0.3, -0.25) is 0 Å². The minimum Gasteiger partial charge on any atom is -0.478 e. The highest BCUT2D eigenvalue weighted by Crippen LogP contribution is 2.32. The smallest absolute Gasteiger partial charge is 0.337 e. The molecule has 0 aromatic heterocycles. The summed E-state index contributed by atoms with van der Waals surface area (Å²) in [5.41, 5.74) is 3.44. The summed E-state index contributed by atoms with van der Waals surface area (Å²) in [6, 6.07) is 3.73. The zero-order chi connectivity index (χ0) is 15.7. The largest absolute Gasteiger partial charge is 0.478 e. The van der Waals surface area contributed by atoms with Crippen LogP contribution < -0.4 is 11.1 Å². The highest BCUT2D eigenvalue weighted by Gasteiger charge is 2.22. The van der Waals surface area contributed by atoms with E-state index in [9.17, 15) is 22.4 Å². The number of nitrogens with two attached hydrogens (primary N) is 1. The lowest BCUT2D eigenvalue weighted by molar-refractivity contribution is 0.0698. The van der Waals surface area contributed by atoms with Crippen LogP contribution in [0.25, 0.3) is 0 Å². The van der Waals surface area contributed by atoms with Crippen molar-refractivity contribution in [2.75, 3.05) is 11.1 Å². The summed E-state index contributed by atoms with van der Waals surface area (Å²) in [5, 5.41) is 11.0. The first-order valence-corrected chi connectivity index (χ1v) is 5.54. The van der Waals surface area contributed by atoms with Crippen LogP contribution in [0.4, 0.5) is 34.6 Å². The summed E-state index contributed by atoms with van der Waals surface area (Å²) < 4.78 is 53.3. The zero-order valence-electron chi connectivity index (χ0n) is 10.3. The second-order valence-electron chi connectivity index (χ2n) is 4.04. The van der Waals surface area contributed by atoms with Crippen LogP contribution in [0.2, 0.25) is 0 Å². The number of benzene rings is 2. The molecule has 0 saturated carbocycles. The highest BCUT2D eigenvalue weighted by atomic mass is 19.2. The number of para-hydroxylation sites is 1. The fourth-order valence-corrected chi connectivity index (χ4v) is 1.70. The first-order valence-electron chi connectivity index (χ1n) is 5.54. The standard InChI is InChI=1S/C13H8F4N2O2/c14-6-4-7(15)10(17)12(9(6)16)19-11-5(13(20)21)2-1-3-8(11)18/h1-4,19H,18H2,(H,20,21). The van der Waals surface area contributed by atoms with E-state index in [0.29, 0.717) is 0 Å². The molecule has 0 fully saturated rings. The lowest BCUT2D eigenvalue weighted by atomic mass is 10.1. The van der Waals surface area contributed by atoms with Crippen LogP contribution in [-0.4, -0.2) is 11.1 Å². The third kappa shape index (κ3) is 2.60. The molecule has 4 nitrogen and oxygen atoms in total. The average Bonchev–Trinajstić information content (AvgIpc) is 2.42. The number of hydrogen-bond donors (Lipinski definition) is 3. The molecule has 0 radical (unpaired) electrons. The molecule has 0 atom stereocenters. The van der Waals surface area contributed by atoms with Crippen LogP contribution in [0.3, 0.4) is 0 Å². The molecule has 0 aliphatic rings. The molecule has 21 heavy (non-hydrogen) atoms. The normalized spacial score (nSPS) is 10.5. The van der Waals surface area contributed by atoms with E-state index in [1.165, 1.54) is 12.1 Å². The number of aromatic carboxylic acids is 1. The van der Waals surface area contributed by atoms with E-state index >= 15 is 0 Å². The van der Waals surface area contributed by atoms with E-state index in [1.54, 1.807) is 0 Å². The zero-order valence-corrected chi connectivity index (χ0v) is 10.3. The molecule has 8 heteroatoms. The minimum absolute atomic E-state index is 0.0440. The van der Waals surface area contributed by atoms with Gasteiger partial charge in [-0.25, -0.2) is 22.4 Å². The Morgan fingerprint density at radius 2 is 1.62 bits per heavy atom. The van der Waals surface area contributed by atoms with Crippen molar-refractivity contribution in [3.05, 3.63) is 53.1 Å². The van der Waals surface area contributed by atoms with Crippen molar-refractivity contribution in [1.82, 2.24) is 0 Å². The van der Waals surface area contributed by atoms with Crippen molar-refractivity contribution < 1.29 is 27.5 Å². The molecule has 0 heterocycles. The molecule has 2 aromatic carbocycles. The van der Waals surface area contributed by atoms with Gasteiger partial charge in [0.05, 0.1) is 16.9 Å². The van der Waals surface area contributed by atoms with Gasteiger partial charge in [-0.1, -0.05) is 6.07 Å². The number of carbonyl (C=O) groups is 1. The second kappa shape index (κ2) is 5.31. The Morgan fingerprint density at radius 1 is 1.05 bits per heavy atom. The number of halogens is 4. The maximum absolute atomic E-state index is 13.6. The Balaban J connectivity index is 2.61. The fraction of sp³-hybridized carbons (Fsp3) is 0. The van der Waals surface area contributed by atoms with Gasteiger partial charge in [0.1, 0.15) is 5.69 Å². The summed E-state index contributed by atoms with van der Waals surface area (Å²) in [5.74, 6) is -8.05. The van der Waals surface area contributed by atoms with Crippen LogP contribution >= 0.6 is 0 Å². The Morgan fingerprint density at radius 3 is 2.14 bits per heavy atom. The number of carboxylic acids is 1. The van der Waals surface area contributed by atoms with Gasteiger partial charge in [0, 0.05) is 6.07 Å². The van der Waals surface area contributed by atoms with Crippen LogP contribution in [-0.2, 0) is 0 Å². The third-order valence-electron chi connectivity index (χ3n) is 2.69. The SMILES string of the molecule is Nc1cccc(C(=O)O)c1Nc1c(F)c(F)cc(F)c1F. The molecule has 4 N–H and O–H groups in total. The van der Waals surface area contributed by atoms with E-state index in [-0.39, 0.29) is 17.4 Å². The Hall–Kier alpha value is -2.77. The summed E-state index contributed by atoms with van der Waals surface area (Å²) in [6.45, 7) is 0. The summed E-state index contributed by atoms with van der Waals surface area (Å²) >= 11 is 0. The van der Waals surface area contributed by atoms with Gasteiger partial charge in [0.2, 0.25) is 0 Å². The van der Waals surface area contributed by atoms with Crippen molar-refractivity contribution in [3.63, 3.8) is 0 Å². The van der Waals surface area contributed by atoms with Gasteiger partial charge in [0.25, 0.3) is 0 Å². The molecule has 2 rings (SSSR count). The number of anilines is 3. The molecule has 0 amide bonds. The topological polar surface area (TPSA) is 75.4 Å². The maximum atomic E-state index is 13.6. The van der Waals surface area contributed by atoms with Gasteiger partial charge in [-0.2, -0.15) is 0 Å². The summed E-state index contributed by atoms with van der Waals surface area (Å²) in [4.78, 5) is 11.0. The lowest BCUT2D eigenvalue weighted by Gasteiger charge is -2.14. The van der Waals surface area contributed by atoms with E-state index in [2.05, 4.69) is 0 Å². The quantitative estimate of drug-likeness (QED) is 0.462. The molecule has 110 valence electrons. The van der Waals surface area contributed by atoms with E-state index in [1.807, 2.05) is 5.32 Å². The minimum atomic E-state index is -1.69. The molecule has 0 aliphatic heterocycles. The third-order valence-corrected chi connectivity index (χ3v) is 2.69. The van der Waals surface area contributed by atoms with E-state index in [4.69, 9.17) is 10.8 Å². The molecule has 0 aliphatic carbocycles. The van der Waals surface area contributed by atoms with Crippen LogP contribution in [0.1, 0.15) is 10.4 Å². The summed E-state index contributed by atoms with van der Waals surface area (Å²) in [6.07, 6.45) is 0. The maximum Gasteiger partial charge on any atom is 0.337 e. The monoisotopic (exact) mass is 300 g/mol. The van der Waals surface area contributed by atoms with Gasteiger partial charge >= 0.3 is 5.97 Å². The molecule has 0 spiro atoms. The van der Waals surface area contributed by atoms with Gasteiger partial charge in [0.15, 0.2) is 23.3 Å². The first-order chi connectivity index (χ1) is 9.82. The predicted molar refractivity (Wildman–Crippen MR) is 67.4 cm³/mol. The Kier molecular flexibility index (Phi) is 3.70. The molecular formula is C13H8F4N2O2. The van der Waals surface area contributed by atoms with E-state index in [0.717, 1.165) is 6.07 Å². The van der Waals surface area contributed by atoms with Crippen molar-refractivity contribution >= 4 is 23.0 Å². The van der Waals surface area contributed by atoms with Crippen molar-refractivity contribution in [1.29, 1.82) is 0 Å². The van der Waals surface area contributed by atoms with E-state index < -0.39 is 40.5 Å². The molecule has 0 saturated heterocycles. The number of rotatable bonds is 3. The number of hydrogen-bond acceptors (Lipinski definition) is 3. The Bertz CT molecular complexity index is 708. The molecule has 0 bridgehead atoms.